The molecule has 2 aromatic heterocycles. The molecule has 2 heterocycles. The monoisotopic (exact) mass is 427 g/mol. The summed E-state index contributed by atoms with van der Waals surface area (Å²) in [5.74, 6) is 0.0413. The van der Waals surface area contributed by atoms with E-state index in [4.69, 9.17) is 27.9 Å². The van der Waals surface area contributed by atoms with Crippen molar-refractivity contribution in [2.24, 2.45) is 0 Å². The first-order valence-electron chi connectivity index (χ1n) is 8.60. The molecule has 0 bridgehead atoms. The normalized spacial score (nSPS) is 10.9. The fourth-order valence-electron chi connectivity index (χ4n) is 2.96. The Bertz CT molecular complexity index is 1220. The lowest BCUT2D eigenvalue weighted by atomic mass is 10.1. The summed E-state index contributed by atoms with van der Waals surface area (Å²) < 4.78 is 6.85. The van der Waals surface area contributed by atoms with E-state index in [2.05, 4.69) is 20.6 Å². The Balaban J connectivity index is 1.70. The Morgan fingerprint density at radius 1 is 1.07 bits per heavy atom. The maximum atomic E-state index is 12.8. The zero-order valence-corrected chi connectivity index (χ0v) is 17.0. The molecule has 0 atom stereocenters. The second-order valence-electron chi connectivity index (χ2n) is 6.23. The molecule has 4 rings (SSSR count). The second kappa shape index (κ2) is 7.69. The van der Waals surface area contributed by atoms with Crippen molar-refractivity contribution in [3.05, 3.63) is 70.1 Å². The number of fused-ring (bicyclic) bond motifs is 1. The molecule has 4 aromatic rings. The average molecular weight is 428 g/mol. The molecule has 29 heavy (non-hydrogen) atoms. The molecule has 0 fully saturated rings. The summed E-state index contributed by atoms with van der Waals surface area (Å²) in [7, 11) is 1.51. The first-order chi connectivity index (χ1) is 14.0. The van der Waals surface area contributed by atoms with Gasteiger partial charge in [0, 0.05) is 15.6 Å². The Kier molecular flexibility index (Phi) is 5.08. The van der Waals surface area contributed by atoms with Crippen molar-refractivity contribution in [1.82, 2.24) is 19.8 Å². The van der Waals surface area contributed by atoms with E-state index in [1.807, 2.05) is 12.1 Å². The topological polar surface area (TPSA) is 81.4 Å². The predicted octanol–water partition coefficient (Wildman–Crippen LogP) is 4.67. The summed E-state index contributed by atoms with van der Waals surface area (Å²) in [4.78, 5) is 12.8. The molecule has 1 amide bonds. The first-order valence-corrected chi connectivity index (χ1v) is 9.35. The third-order valence-corrected chi connectivity index (χ3v) is 4.92. The van der Waals surface area contributed by atoms with Crippen molar-refractivity contribution < 1.29 is 9.53 Å². The fraction of sp³-hybridized carbons (Fsp3) is 0.100. The number of carbonyl (C=O) groups excluding carboxylic acids is 1. The summed E-state index contributed by atoms with van der Waals surface area (Å²) in [5.41, 5.74) is 3.37. The minimum Gasteiger partial charge on any atom is -0.495 e. The largest absolute Gasteiger partial charge is 0.495 e. The lowest BCUT2D eigenvalue weighted by Crippen LogP contribution is -2.19. The quantitative estimate of drug-likeness (QED) is 0.511. The van der Waals surface area contributed by atoms with Crippen LogP contribution in [0.15, 0.2) is 48.7 Å². The van der Waals surface area contributed by atoms with Crippen LogP contribution in [0.1, 0.15) is 16.2 Å². The molecule has 7 nitrogen and oxygen atoms in total. The van der Waals surface area contributed by atoms with Crippen LogP contribution in [-0.4, -0.2) is 32.8 Å². The number of halogens is 2. The predicted molar refractivity (Wildman–Crippen MR) is 112 cm³/mol. The van der Waals surface area contributed by atoms with Gasteiger partial charge in [0.05, 0.1) is 24.7 Å². The second-order valence-corrected chi connectivity index (χ2v) is 7.11. The van der Waals surface area contributed by atoms with Gasteiger partial charge in [-0.3, -0.25) is 4.79 Å². The molecule has 0 saturated heterocycles. The Labute approximate surface area is 176 Å². The third-order valence-electron chi connectivity index (χ3n) is 4.43. The summed E-state index contributed by atoms with van der Waals surface area (Å²) >= 11 is 12.0. The lowest BCUT2D eigenvalue weighted by Gasteiger charge is -2.11. The van der Waals surface area contributed by atoms with E-state index in [1.54, 1.807) is 48.0 Å². The summed E-state index contributed by atoms with van der Waals surface area (Å²) in [6, 6.07) is 12.3. The van der Waals surface area contributed by atoms with E-state index >= 15 is 0 Å². The third kappa shape index (κ3) is 3.62. The van der Waals surface area contributed by atoms with E-state index in [0.717, 1.165) is 11.1 Å². The van der Waals surface area contributed by atoms with Gasteiger partial charge in [0.15, 0.2) is 11.3 Å². The van der Waals surface area contributed by atoms with Crippen LogP contribution < -0.4 is 10.1 Å². The fourth-order valence-corrected chi connectivity index (χ4v) is 3.25. The molecule has 2 aromatic carbocycles. The zero-order valence-electron chi connectivity index (χ0n) is 15.5. The molecule has 0 saturated carbocycles. The average Bonchev–Trinajstić information content (AvgIpc) is 3.14. The molecule has 146 valence electrons. The highest BCUT2D eigenvalue weighted by Crippen LogP contribution is 2.29. The molecule has 0 aliphatic heterocycles. The first kappa shape index (κ1) is 19.2. The SMILES string of the molecule is COc1ccc(Cl)cc1NC(=O)c1nnc2c(-c3ccc(Cl)cc3)cnn2c1C. The number of ether oxygens (including phenoxy) is 1. The number of rotatable bonds is 4. The van der Waals surface area contributed by atoms with Gasteiger partial charge in [0.25, 0.3) is 5.91 Å². The number of aryl methyl sites for hydroxylation is 1. The number of amides is 1. The Morgan fingerprint density at radius 2 is 1.79 bits per heavy atom. The molecule has 0 spiro atoms. The van der Waals surface area contributed by atoms with E-state index in [1.165, 1.54) is 7.11 Å². The minimum atomic E-state index is -0.444. The number of anilines is 1. The number of nitrogens with zero attached hydrogens (tertiary/aromatic N) is 4. The van der Waals surface area contributed by atoms with Crippen molar-refractivity contribution in [3.8, 4) is 16.9 Å². The molecule has 0 unspecified atom stereocenters. The molecule has 0 radical (unpaired) electrons. The highest BCUT2D eigenvalue weighted by atomic mass is 35.5. The van der Waals surface area contributed by atoms with E-state index in [0.29, 0.717) is 32.8 Å². The summed E-state index contributed by atoms with van der Waals surface area (Å²) in [6.07, 6.45) is 1.68. The molecular formula is C20H15Cl2N5O2. The van der Waals surface area contributed by atoms with Crippen LogP contribution in [0.25, 0.3) is 16.8 Å². The van der Waals surface area contributed by atoms with Gasteiger partial charge >= 0.3 is 0 Å². The van der Waals surface area contributed by atoms with Gasteiger partial charge in [0.2, 0.25) is 0 Å². The number of benzene rings is 2. The number of nitrogens with one attached hydrogen (secondary N) is 1. The Morgan fingerprint density at radius 3 is 2.52 bits per heavy atom. The Hall–Kier alpha value is -3.16. The van der Waals surface area contributed by atoms with Crippen LogP contribution in [0.5, 0.6) is 5.75 Å². The maximum absolute atomic E-state index is 12.8. The van der Waals surface area contributed by atoms with Crippen LogP contribution in [-0.2, 0) is 0 Å². The maximum Gasteiger partial charge on any atom is 0.278 e. The van der Waals surface area contributed by atoms with Crippen molar-refractivity contribution >= 4 is 40.4 Å². The van der Waals surface area contributed by atoms with Gasteiger partial charge in [-0.25, -0.2) is 4.52 Å². The lowest BCUT2D eigenvalue weighted by molar-refractivity contribution is 0.101. The smallest absolute Gasteiger partial charge is 0.278 e. The van der Waals surface area contributed by atoms with Crippen molar-refractivity contribution in [2.45, 2.75) is 6.92 Å². The highest BCUT2D eigenvalue weighted by molar-refractivity contribution is 6.31. The summed E-state index contributed by atoms with van der Waals surface area (Å²) in [6.45, 7) is 1.75. The summed E-state index contributed by atoms with van der Waals surface area (Å²) in [5, 5.41) is 16.6. The van der Waals surface area contributed by atoms with E-state index in [9.17, 15) is 4.79 Å². The van der Waals surface area contributed by atoms with Crippen LogP contribution in [0.2, 0.25) is 10.0 Å². The molecule has 0 aliphatic rings. The van der Waals surface area contributed by atoms with E-state index in [-0.39, 0.29) is 5.69 Å². The van der Waals surface area contributed by atoms with Crippen molar-refractivity contribution in [2.75, 3.05) is 12.4 Å². The zero-order chi connectivity index (χ0) is 20.5. The van der Waals surface area contributed by atoms with Crippen LogP contribution >= 0.6 is 23.2 Å². The number of methoxy groups -OCH3 is 1. The van der Waals surface area contributed by atoms with Crippen LogP contribution in [0.3, 0.4) is 0 Å². The van der Waals surface area contributed by atoms with Crippen molar-refractivity contribution in [1.29, 1.82) is 0 Å². The van der Waals surface area contributed by atoms with Gasteiger partial charge in [-0.1, -0.05) is 35.3 Å². The van der Waals surface area contributed by atoms with Gasteiger partial charge in [-0.05, 0) is 42.8 Å². The van der Waals surface area contributed by atoms with E-state index < -0.39 is 5.91 Å². The minimum absolute atomic E-state index is 0.144. The molecule has 1 N–H and O–H groups in total. The van der Waals surface area contributed by atoms with Gasteiger partial charge in [0.1, 0.15) is 5.75 Å². The number of carbonyl (C=O) groups is 1. The van der Waals surface area contributed by atoms with Crippen LogP contribution in [0, 0.1) is 6.92 Å². The van der Waals surface area contributed by atoms with Gasteiger partial charge < -0.3 is 10.1 Å². The van der Waals surface area contributed by atoms with Gasteiger partial charge in [-0.15, -0.1) is 10.2 Å². The van der Waals surface area contributed by atoms with Crippen molar-refractivity contribution in [3.63, 3.8) is 0 Å². The molecular weight excluding hydrogens is 413 g/mol. The van der Waals surface area contributed by atoms with Gasteiger partial charge in [-0.2, -0.15) is 5.10 Å². The highest BCUT2D eigenvalue weighted by Gasteiger charge is 2.19. The molecule has 9 heteroatoms. The number of hydrogen-bond acceptors (Lipinski definition) is 5. The number of aromatic nitrogens is 4. The number of hydrogen-bond donors (Lipinski definition) is 1. The van der Waals surface area contributed by atoms with Crippen LogP contribution in [0.4, 0.5) is 5.69 Å². The standard InChI is InChI=1S/C20H15Cl2N5O2/c1-11-18(20(28)24-16-9-14(22)7-8-17(16)29-2)25-26-19-15(10-23-27(11)19)12-3-5-13(21)6-4-12/h3-10H,1-2H3,(H,24,28). The molecule has 0 aliphatic carbocycles.